The van der Waals surface area contributed by atoms with Crippen molar-refractivity contribution >= 4 is 6.29 Å². The van der Waals surface area contributed by atoms with Gasteiger partial charge in [0.05, 0.1) is 26.4 Å². The lowest BCUT2D eigenvalue weighted by Crippen LogP contribution is -2.46. The first-order valence-corrected chi connectivity index (χ1v) is 10.9. The van der Waals surface area contributed by atoms with Crippen molar-refractivity contribution in [3.05, 3.63) is 108 Å². The average molecular weight is 433 g/mol. The van der Waals surface area contributed by atoms with Gasteiger partial charge in [-0.25, -0.2) is 0 Å². The van der Waals surface area contributed by atoms with Crippen LogP contribution in [0.5, 0.6) is 0 Å². The highest BCUT2D eigenvalue weighted by Gasteiger charge is 2.43. The first-order chi connectivity index (χ1) is 15.8. The molecule has 1 saturated heterocycles. The highest BCUT2D eigenvalue weighted by molar-refractivity contribution is 5.57. The molecule has 1 aliphatic heterocycles. The number of carbonyl (C=O) groups is 1. The molecule has 3 aromatic carbocycles. The quantitative estimate of drug-likeness (QED) is 0.297. The van der Waals surface area contributed by atoms with Gasteiger partial charge in [-0.1, -0.05) is 91.0 Å². The van der Waals surface area contributed by atoms with Crippen LogP contribution >= 0.6 is 0 Å². The second kappa shape index (κ2) is 11.7. The fraction of sp³-hybridized carbons (Fsp3) is 0.296. The Hall–Kier alpha value is -2.83. The van der Waals surface area contributed by atoms with E-state index in [1.54, 1.807) is 0 Å². The lowest BCUT2D eigenvalue weighted by molar-refractivity contribution is -0.162. The molecule has 1 aliphatic rings. The Kier molecular flexibility index (Phi) is 8.17. The topological polar surface area (TPSA) is 57.3 Å². The second-order valence-electron chi connectivity index (χ2n) is 7.79. The first kappa shape index (κ1) is 22.4. The Morgan fingerprint density at radius 1 is 0.719 bits per heavy atom. The largest absolute Gasteiger partial charge is 0.370 e. The fourth-order valence-corrected chi connectivity index (χ4v) is 3.55. The summed E-state index contributed by atoms with van der Waals surface area (Å²) in [7, 11) is 0. The maximum absolute atomic E-state index is 12.1. The molecular formula is C27H28O5. The molecular weight excluding hydrogens is 404 g/mol. The van der Waals surface area contributed by atoms with Gasteiger partial charge in [0.15, 0.2) is 6.29 Å². The van der Waals surface area contributed by atoms with E-state index < -0.39 is 18.3 Å². The zero-order valence-corrected chi connectivity index (χ0v) is 17.9. The van der Waals surface area contributed by atoms with E-state index in [9.17, 15) is 4.79 Å². The average Bonchev–Trinajstić information content (AvgIpc) is 3.70. The van der Waals surface area contributed by atoms with Crippen LogP contribution in [0.4, 0.5) is 0 Å². The molecule has 0 aliphatic carbocycles. The normalized spacial score (nSPS) is 17.9. The maximum atomic E-state index is 12.1. The van der Waals surface area contributed by atoms with Crippen LogP contribution in [-0.4, -0.2) is 37.3 Å². The van der Waals surface area contributed by atoms with E-state index >= 15 is 0 Å². The molecule has 166 valence electrons. The minimum absolute atomic E-state index is 0.123. The van der Waals surface area contributed by atoms with Crippen molar-refractivity contribution in [1.82, 2.24) is 0 Å². The highest BCUT2D eigenvalue weighted by atomic mass is 16.6. The predicted octanol–water partition coefficient (Wildman–Crippen LogP) is 4.34. The molecule has 0 saturated carbocycles. The molecule has 4 rings (SSSR count). The molecule has 3 aromatic rings. The summed E-state index contributed by atoms with van der Waals surface area (Å²) < 4.78 is 24.1. The van der Waals surface area contributed by atoms with Crippen LogP contribution in [-0.2, 0) is 43.6 Å². The molecule has 32 heavy (non-hydrogen) atoms. The van der Waals surface area contributed by atoms with E-state index in [-0.39, 0.29) is 6.10 Å². The van der Waals surface area contributed by atoms with Gasteiger partial charge in [0.2, 0.25) is 0 Å². The molecule has 0 spiro atoms. The minimum Gasteiger partial charge on any atom is -0.370 e. The number of ether oxygens (including phenoxy) is 4. The van der Waals surface area contributed by atoms with Gasteiger partial charge in [0.25, 0.3) is 0 Å². The van der Waals surface area contributed by atoms with Gasteiger partial charge >= 0.3 is 0 Å². The van der Waals surface area contributed by atoms with Crippen LogP contribution in [0.25, 0.3) is 0 Å². The van der Waals surface area contributed by atoms with Crippen LogP contribution in [0.1, 0.15) is 16.7 Å². The van der Waals surface area contributed by atoms with Crippen LogP contribution < -0.4 is 0 Å². The Balaban J connectivity index is 1.49. The Morgan fingerprint density at radius 2 is 1.16 bits per heavy atom. The highest BCUT2D eigenvalue weighted by Crippen LogP contribution is 2.26. The van der Waals surface area contributed by atoms with E-state index in [1.165, 1.54) is 0 Å². The van der Waals surface area contributed by atoms with Crippen molar-refractivity contribution in [2.24, 2.45) is 0 Å². The molecule has 0 N–H and O–H groups in total. The third-order valence-corrected chi connectivity index (χ3v) is 5.36. The molecule has 4 atom stereocenters. The third kappa shape index (κ3) is 6.58. The first-order valence-electron chi connectivity index (χ1n) is 10.9. The van der Waals surface area contributed by atoms with Gasteiger partial charge in [-0.05, 0) is 16.7 Å². The van der Waals surface area contributed by atoms with Gasteiger partial charge in [-0.3, -0.25) is 0 Å². The molecule has 1 fully saturated rings. The molecule has 0 aromatic heterocycles. The number of benzene rings is 3. The summed E-state index contributed by atoms with van der Waals surface area (Å²) in [6, 6.07) is 29.6. The Bertz CT molecular complexity index is 928. The molecule has 0 amide bonds. The van der Waals surface area contributed by atoms with Crippen molar-refractivity contribution in [2.45, 2.75) is 44.2 Å². The smallest absolute Gasteiger partial charge is 0.151 e. The Labute approximate surface area is 188 Å². The summed E-state index contributed by atoms with van der Waals surface area (Å²) in [6.07, 6.45) is -1.14. The van der Waals surface area contributed by atoms with Gasteiger partial charge in [-0.2, -0.15) is 0 Å². The van der Waals surface area contributed by atoms with E-state index in [0.717, 1.165) is 23.0 Å². The molecule has 0 bridgehead atoms. The molecule has 1 unspecified atom stereocenters. The zero-order valence-electron chi connectivity index (χ0n) is 17.9. The van der Waals surface area contributed by atoms with E-state index in [1.807, 2.05) is 91.0 Å². The molecule has 5 nitrogen and oxygen atoms in total. The number of hydrogen-bond acceptors (Lipinski definition) is 5. The summed E-state index contributed by atoms with van der Waals surface area (Å²) >= 11 is 0. The monoisotopic (exact) mass is 432 g/mol. The predicted molar refractivity (Wildman–Crippen MR) is 121 cm³/mol. The van der Waals surface area contributed by atoms with Crippen LogP contribution in [0, 0.1) is 0 Å². The summed E-state index contributed by atoms with van der Waals surface area (Å²) in [5, 5.41) is 0. The van der Waals surface area contributed by atoms with Crippen molar-refractivity contribution in [3.8, 4) is 0 Å². The second-order valence-corrected chi connectivity index (χ2v) is 7.79. The summed E-state index contributed by atoms with van der Waals surface area (Å²) in [5.41, 5.74) is 3.06. The zero-order chi connectivity index (χ0) is 22.0. The lowest BCUT2D eigenvalue weighted by atomic mass is 10.0. The molecule has 0 radical (unpaired) electrons. The summed E-state index contributed by atoms with van der Waals surface area (Å²) in [4.78, 5) is 12.1. The number of hydrogen-bond donors (Lipinski definition) is 0. The summed E-state index contributed by atoms with van der Waals surface area (Å²) in [6.45, 7) is 1.64. The fourth-order valence-electron chi connectivity index (χ4n) is 3.55. The number of carbonyl (C=O) groups excluding carboxylic acids is 1. The van der Waals surface area contributed by atoms with Gasteiger partial charge in [-0.15, -0.1) is 0 Å². The maximum Gasteiger partial charge on any atom is 0.151 e. The van der Waals surface area contributed by atoms with Crippen molar-refractivity contribution in [2.75, 3.05) is 6.61 Å². The molecule has 1 heterocycles. The van der Waals surface area contributed by atoms with Crippen molar-refractivity contribution < 1.29 is 23.7 Å². The number of epoxide rings is 1. The Morgan fingerprint density at radius 3 is 1.59 bits per heavy atom. The number of rotatable bonds is 13. The summed E-state index contributed by atoms with van der Waals surface area (Å²) in [5.74, 6) is 0. The van der Waals surface area contributed by atoms with Gasteiger partial charge < -0.3 is 23.7 Å². The molecule has 5 heteroatoms. The third-order valence-electron chi connectivity index (χ3n) is 5.36. The number of aldehydes is 1. The van der Waals surface area contributed by atoms with Crippen LogP contribution in [0.3, 0.4) is 0 Å². The van der Waals surface area contributed by atoms with Crippen LogP contribution in [0.15, 0.2) is 91.0 Å². The minimum atomic E-state index is -0.788. The van der Waals surface area contributed by atoms with E-state index in [0.29, 0.717) is 26.4 Å². The van der Waals surface area contributed by atoms with E-state index in [4.69, 9.17) is 18.9 Å². The van der Waals surface area contributed by atoms with Gasteiger partial charge in [0, 0.05) is 0 Å². The van der Waals surface area contributed by atoms with Crippen LogP contribution in [0.2, 0.25) is 0 Å². The standard InChI is InChI=1S/C27H28O5/c28-16-24(29-17-21-10-4-1-5-11-21)26(31-18-22-12-6-2-7-13-22)27(25-20-30-25)32-19-23-14-8-3-9-15-23/h1-16,24-27H,17-20H2/t24-,25?,26+,27+/m0/s1. The van der Waals surface area contributed by atoms with Crippen molar-refractivity contribution in [1.29, 1.82) is 0 Å². The lowest BCUT2D eigenvalue weighted by Gasteiger charge is -2.30. The van der Waals surface area contributed by atoms with E-state index in [2.05, 4.69) is 0 Å². The SMILES string of the molecule is O=C[C@H](OCc1ccccc1)[C@@H](OCc1ccccc1)[C@H](OCc1ccccc1)C1CO1. The van der Waals surface area contributed by atoms with Crippen molar-refractivity contribution in [3.63, 3.8) is 0 Å². The van der Waals surface area contributed by atoms with Gasteiger partial charge in [0.1, 0.15) is 24.4 Å².